The summed E-state index contributed by atoms with van der Waals surface area (Å²) in [6.45, 7) is 8.90. The van der Waals surface area contributed by atoms with Crippen LogP contribution in [-0.2, 0) is 11.2 Å². The molecule has 40 heavy (non-hydrogen) atoms. The first-order valence-electron chi connectivity index (χ1n) is 13.9. The van der Waals surface area contributed by atoms with Crippen LogP contribution in [0.1, 0.15) is 48.4 Å². The van der Waals surface area contributed by atoms with Crippen LogP contribution < -0.4 is 16.1 Å². The number of nitrogens with one attached hydrogen (secondary N) is 3. The molecule has 1 unspecified atom stereocenters. The smallest absolute Gasteiger partial charge is 0.274 e. The van der Waals surface area contributed by atoms with Crippen LogP contribution >= 0.6 is 0 Å². The molecule has 4 N–H and O–H groups in total. The summed E-state index contributed by atoms with van der Waals surface area (Å²) in [6.07, 6.45) is 0.828. The molecule has 0 aliphatic heterocycles. The van der Waals surface area contributed by atoms with E-state index < -0.39 is 5.91 Å². The van der Waals surface area contributed by atoms with Crippen LogP contribution in [0.4, 0.5) is 0 Å². The van der Waals surface area contributed by atoms with E-state index in [0.717, 1.165) is 36.2 Å². The number of carbonyl (C=O) groups is 1. The molecule has 0 aliphatic rings. The second-order valence-corrected chi connectivity index (χ2v) is 11.0. The topological polar surface area (TPSA) is 82.6 Å². The van der Waals surface area contributed by atoms with Gasteiger partial charge < -0.3 is 15.4 Å². The molecule has 4 rings (SSSR count). The Kier molecular flexibility index (Phi) is 10.1. The van der Waals surface area contributed by atoms with Crippen LogP contribution in [0.5, 0.6) is 0 Å². The number of hydrogen-bond acceptors (Lipinski definition) is 5. The average Bonchev–Trinajstić information content (AvgIpc) is 2.98. The molecule has 0 aromatic heterocycles. The van der Waals surface area contributed by atoms with Gasteiger partial charge >= 0.3 is 0 Å². The van der Waals surface area contributed by atoms with Crippen molar-refractivity contribution in [2.24, 2.45) is 5.92 Å². The van der Waals surface area contributed by atoms with Crippen molar-refractivity contribution in [1.82, 2.24) is 16.1 Å². The van der Waals surface area contributed by atoms with Crippen molar-refractivity contribution in [2.45, 2.75) is 38.8 Å². The van der Waals surface area contributed by atoms with Gasteiger partial charge in [-0.3, -0.25) is 10.0 Å². The molecule has 0 bridgehead atoms. The third kappa shape index (κ3) is 7.55. The standard InChI is InChI=1S/C34H41N3O3/c1-24(21-36-34(3,23-35-4)20-26-13-14-27-9-5-6-10-30(27)19-26)22-40-25(2)31-11-7-8-12-32(31)28-15-17-29(18-16-28)33(38)37-39/h5-19,24-25,35-36,39H,20-23H2,1-4H3,(H,37,38)/t24-,25-,34?/m1/s1. The number of carbonyl (C=O) groups excluding carboxylic acids is 1. The van der Waals surface area contributed by atoms with Crippen molar-refractivity contribution in [2.75, 3.05) is 26.7 Å². The summed E-state index contributed by atoms with van der Waals surface area (Å²) < 4.78 is 6.37. The Hall–Kier alpha value is -3.55. The number of ether oxygens (including phenoxy) is 1. The van der Waals surface area contributed by atoms with Crippen molar-refractivity contribution >= 4 is 16.7 Å². The van der Waals surface area contributed by atoms with Crippen LogP contribution in [0.15, 0.2) is 91.0 Å². The van der Waals surface area contributed by atoms with E-state index in [4.69, 9.17) is 9.94 Å². The molecule has 0 saturated carbocycles. The second kappa shape index (κ2) is 13.7. The zero-order valence-corrected chi connectivity index (χ0v) is 23.9. The fourth-order valence-corrected chi connectivity index (χ4v) is 5.23. The molecule has 3 atom stereocenters. The first-order valence-corrected chi connectivity index (χ1v) is 13.9. The Morgan fingerprint density at radius 1 is 0.925 bits per heavy atom. The van der Waals surface area contributed by atoms with Gasteiger partial charge in [0.2, 0.25) is 0 Å². The maximum atomic E-state index is 11.7. The monoisotopic (exact) mass is 539 g/mol. The molecule has 0 heterocycles. The van der Waals surface area contributed by atoms with Crippen LogP contribution in [0.25, 0.3) is 21.9 Å². The highest BCUT2D eigenvalue weighted by Crippen LogP contribution is 2.30. The first kappa shape index (κ1) is 29.4. The summed E-state index contributed by atoms with van der Waals surface area (Å²) >= 11 is 0. The van der Waals surface area contributed by atoms with Crippen LogP contribution in [-0.4, -0.2) is 43.4 Å². The number of likely N-dealkylation sites (N-methyl/N-ethyl adjacent to an activating group) is 1. The van der Waals surface area contributed by atoms with Gasteiger partial charge in [-0.2, -0.15) is 0 Å². The van der Waals surface area contributed by atoms with Crippen LogP contribution in [0.2, 0.25) is 0 Å². The minimum Gasteiger partial charge on any atom is -0.373 e. The van der Waals surface area contributed by atoms with Gasteiger partial charge in [0.05, 0.1) is 12.7 Å². The molecule has 0 spiro atoms. The predicted molar refractivity (Wildman–Crippen MR) is 163 cm³/mol. The van der Waals surface area contributed by atoms with E-state index in [1.165, 1.54) is 16.3 Å². The lowest BCUT2D eigenvalue weighted by Crippen LogP contribution is -2.52. The molecule has 6 heteroatoms. The molecule has 4 aromatic carbocycles. The molecule has 0 saturated heterocycles. The molecule has 0 aliphatic carbocycles. The van der Waals surface area contributed by atoms with E-state index in [9.17, 15) is 4.79 Å². The number of rotatable bonds is 13. The Bertz CT molecular complexity index is 1410. The largest absolute Gasteiger partial charge is 0.373 e. The average molecular weight is 540 g/mol. The summed E-state index contributed by atoms with van der Waals surface area (Å²) in [7, 11) is 2.00. The summed E-state index contributed by atoms with van der Waals surface area (Å²) in [5.41, 5.74) is 6.46. The van der Waals surface area contributed by atoms with E-state index >= 15 is 0 Å². The zero-order valence-electron chi connectivity index (χ0n) is 23.9. The number of benzene rings is 4. The minimum absolute atomic E-state index is 0.0945. The Morgan fingerprint density at radius 2 is 1.62 bits per heavy atom. The first-order chi connectivity index (χ1) is 19.3. The van der Waals surface area contributed by atoms with Crippen molar-refractivity contribution in [3.63, 3.8) is 0 Å². The Labute approximate surface area is 237 Å². The fraction of sp³-hybridized carbons (Fsp3) is 0.324. The van der Waals surface area contributed by atoms with Gasteiger partial charge in [0.15, 0.2) is 0 Å². The highest BCUT2D eigenvalue weighted by atomic mass is 16.5. The summed E-state index contributed by atoms with van der Waals surface area (Å²) in [5, 5.41) is 18.6. The van der Waals surface area contributed by atoms with Crippen molar-refractivity contribution < 1.29 is 14.7 Å². The predicted octanol–water partition coefficient (Wildman–Crippen LogP) is 6.15. The summed E-state index contributed by atoms with van der Waals surface area (Å²) in [4.78, 5) is 11.7. The third-order valence-electron chi connectivity index (χ3n) is 7.44. The van der Waals surface area contributed by atoms with E-state index in [2.05, 4.69) is 86.0 Å². The van der Waals surface area contributed by atoms with Gasteiger partial charge in [0, 0.05) is 24.2 Å². The zero-order chi connectivity index (χ0) is 28.5. The molecular weight excluding hydrogens is 498 g/mol. The van der Waals surface area contributed by atoms with Gasteiger partial charge in [-0.1, -0.05) is 85.8 Å². The third-order valence-corrected chi connectivity index (χ3v) is 7.44. The Morgan fingerprint density at radius 3 is 2.35 bits per heavy atom. The Balaban J connectivity index is 1.36. The van der Waals surface area contributed by atoms with Gasteiger partial charge in [-0.15, -0.1) is 0 Å². The second-order valence-electron chi connectivity index (χ2n) is 11.0. The summed E-state index contributed by atoms with van der Waals surface area (Å²) in [6, 6.07) is 30.6. The van der Waals surface area contributed by atoms with Crippen molar-refractivity contribution in [3.8, 4) is 11.1 Å². The van der Waals surface area contributed by atoms with E-state index in [1.807, 2.05) is 31.3 Å². The van der Waals surface area contributed by atoms with Gasteiger partial charge in [0.25, 0.3) is 5.91 Å². The molecular formula is C34H41N3O3. The molecule has 6 nitrogen and oxygen atoms in total. The maximum absolute atomic E-state index is 11.7. The number of amides is 1. The van der Waals surface area contributed by atoms with E-state index in [-0.39, 0.29) is 11.6 Å². The van der Waals surface area contributed by atoms with Crippen molar-refractivity contribution in [3.05, 3.63) is 108 Å². The molecule has 4 aromatic rings. The van der Waals surface area contributed by atoms with E-state index in [0.29, 0.717) is 18.1 Å². The SMILES string of the molecule is CNCC(C)(Cc1ccc2ccccc2c1)NC[C@@H](C)CO[C@H](C)c1ccccc1-c1ccc(C(=O)NO)cc1. The molecule has 210 valence electrons. The number of fused-ring (bicyclic) bond motifs is 1. The molecule has 0 radical (unpaired) electrons. The molecule has 1 amide bonds. The lowest BCUT2D eigenvalue weighted by Gasteiger charge is -2.33. The molecule has 0 fully saturated rings. The van der Waals surface area contributed by atoms with E-state index in [1.54, 1.807) is 17.6 Å². The fourth-order valence-electron chi connectivity index (χ4n) is 5.23. The number of hydroxylamine groups is 1. The number of hydrogen-bond donors (Lipinski definition) is 4. The van der Waals surface area contributed by atoms with Gasteiger partial charge in [-0.25, -0.2) is 5.48 Å². The minimum atomic E-state index is -0.526. The highest BCUT2D eigenvalue weighted by molar-refractivity contribution is 5.93. The maximum Gasteiger partial charge on any atom is 0.274 e. The van der Waals surface area contributed by atoms with Gasteiger partial charge in [0.1, 0.15) is 0 Å². The summed E-state index contributed by atoms with van der Waals surface area (Å²) in [5.74, 6) is -0.208. The van der Waals surface area contributed by atoms with Crippen LogP contribution in [0, 0.1) is 5.92 Å². The quantitative estimate of drug-likeness (QED) is 0.121. The normalized spacial score (nSPS) is 14.4. The van der Waals surface area contributed by atoms with Gasteiger partial charge in [-0.05, 0) is 78.4 Å². The highest BCUT2D eigenvalue weighted by Gasteiger charge is 2.24. The van der Waals surface area contributed by atoms with Crippen molar-refractivity contribution in [1.29, 1.82) is 0 Å². The lowest BCUT2D eigenvalue weighted by molar-refractivity contribution is 0.0419. The van der Waals surface area contributed by atoms with Crippen LogP contribution in [0.3, 0.4) is 0 Å². The lowest BCUT2D eigenvalue weighted by atomic mass is 9.91.